The number of rotatable bonds is 4. The molecule has 5 nitrogen and oxygen atoms in total. The normalized spacial score (nSPS) is 16.9. The Balaban J connectivity index is 1.71. The summed E-state index contributed by atoms with van der Waals surface area (Å²) in [6, 6.07) is 8.11. The van der Waals surface area contributed by atoms with E-state index in [1.165, 1.54) is 11.3 Å². The molecule has 24 heavy (non-hydrogen) atoms. The fraction of sp³-hybridized carbons (Fsp3) is 0.353. The first-order chi connectivity index (χ1) is 11.5. The Labute approximate surface area is 146 Å². The Morgan fingerprint density at radius 2 is 1.83 bits per heavy atom. The largest absolute Gasteiger partial charge is 0.322 e. The summed E-state index contributed by atoms with van der Waals surface area (Å²) in [5.41, 5.74) is 1.18. The van der Waals surface area contributed by atoms with Crippen molar-refractivity contribution in [1.29, 1.82) is 0 Å². The first kappa shape index (κ1) is 17.1. The zero-order valence-electron chi connectivity index (χ0n) is 13.4. The number of hydrogen-bond acceptors (Lipinski definition) is 4. The van der Waals surface area contributed by atoms with Crippen LogP contribution in [0.25, 0.3) is 0 Å². The number of piperidine rings is 1. The van der Waals surface area contributed by atoms with Crippen LogP contribution in [0.1, 0.15) is 30.1 Å². The average molecular weight is 364 g/mol. The van der Waals surface area contributed by atoms with Crippen molar-refractivity contribution < 1.29 is 13.2 Å². The third-order valence-electron chi connectivity index (χ3n) is 4.28. The van der Waals surface area contributed by atoms with Crippen LogP contribution in [0.5, 0.6) is 0 Å². The topological polar surface area (TPSA) is 66.5 Å². The lowest BCUT2D eigenvalue weighted by Crippen LogP contribution is -2.37. The van der Waals surface area contributed by atoms with Crippen LogP contribution in [-0.4, -0.2) is 31.7 Å². The van der Waals surface area contributed by atoms with Gasteiger partial charge in [-0.25, -0.2) is 8.42 Å². The third kappa shape index (κ3) is 3.68. The molecule has 1 fully saturated rings. The Hall–Kier alpha value is -1.70. The van der Waals surface area contributed by atoms with Gasteiger partial charge in [0.1, 0.15) is 0 Å². The van der Waals surface area contributed by atoms with Crippen molar-refractivity contribution in [2.75, 3.05) is 18.4 Å². The number of anilines is 1. The fourth-order valence-corrected chi connectivity index (χ4v) is 4.79. The molecule has 0 atom stereocenters. The number of nitrogens with one attached hydrogen (secondary N) is 1. The van der Waals surface area contributed by atoms with Crippen molar-refractivity contribution in [2.24, 2.45) is 5.92 Å². The van der Waals surface area contributed by atoms with Gasteiger partial charge in [-0.15, -0.1) is 0 Å². The quantitative estimate of drug-likeness (QED) is 0.904. The molecule has 1 aromatic heterocycles. The molecule has 1 aliphatic heterocycles. The van der Waals surface area contributed by atoms with Gasteiger partial charge in [0.2, 0.25) is 10.0 Å². The van der Waals surface area contributed by atoms with Crippen LogP contribution < -0.4 is 5.32 Å². The van der Waals surface area contributed by atoms with Crippen molar-refractivity contribution in [2.45, 2.75) is 24.7 Å². The molecule has 0 bridgehead atoms. The van der Waals surface area contributed by atoms with E-state index in [1.807, 2.05) is 5.38 Å². The summed E-state index contributed by atoms with van der Waals surface area (Å²) in [6.45, 7) is 3.29. The van der Waals surface area contributed by atoms with Crippen LogP contribution >= 0.6 is 11.3 Å². The molecule has 0 saturated carbocycles. The lowest BCUT2D eigenvalue weighted by molar-refractivity contribution is 0.102. The van der Waals surface area contributed by atoms with Crippen molar-refractivity contribution in [3.63, 3.8) is 0 Å². The van der Waals surface area contributed by atoms with Gasteiger partial charge < -0.3 is 5.32 Å². The van der Waals surface area contributed by atoms with Crippen LogP contribution in [0, 0.1) is 5.92 Å². The van der Waals surface area contributed by atoms with Crippen molar-refractivity contribution >= 4 is 33.0 Å². The van der Waals surface area contributed by atoms with Gasteiger partial charge in [0.25, 0.3) is 5.91 Å². The Kier molecular flexibility index (Phi) is 5.03. The average Bonchev–Trinajstić information content (AvgIpc) is 3.10. The molecule has 0 spiro atoms. The second-order valence-corrected chi connectivity index (χ2v) is 8.80. The molecule has 1 aromatic carbocycles. The first-order valence-electron chi connectivity index (χ1n) is 7.90. The van der Waals surface area contributed by atoms with Gasteiger partial charge in [0, 0.05) is 24.2 Å². The monoisotopic (exact) mass is 364 g/mol. The number of carbonyl (C=O) groups excluding carboxylic acids is 1. The first-order valence-corrected chi connectivity index (χ1v) is 10.3. The molecule has 7 heteroatoms. The minimum Gasteiger partial charge on any atom is -0.322 e. The maximum absolute atomic E-state index is 12.7. The summed E-state index contributed by atoms with van der Waals surface area (Å²) < 4.78 is 26.9. The number of nitrogens with zero attached hydrogens (tertiary/aromatic N) is 1. The Morgan fingerprint density at radius 1 is 1.17 bits per heavy atom. The minimum absolute atomic E-state index is 0.197. The van der Waals surface area contributed by atoms with E-state index in [2.05, 4.69) is 12.2 Å². The highest BCUT2D eigenvalue weighted by molar-refractivity contribution is 7.89. The van der Waals surface area contributed by atoms with Gasteiger partial charge in [-0.2, -0.15) is 15.6 Å². The summed E-state index contributed by atoms with van der Waals surface area (Å²) in [5, 5.41) is 6.37. The Bertz CT molecular complexity index is 791. The van der Waals surface area contributed by atoms with Crippen LogP contribution in [0.2, 0.25) is 0 Å². The highest BCUT2D eigenvalue weighted by Gasteiger charge is 2.27. The van der Waals surface area contributed by atoms with Crippen molar-refractivity contribution in [1.82, 2.24) is 4.31 Å². The predicted molar refractivity (Wildman–Crippen MR) is 95.9 cm³/mol. The zero-order chi connectivity index (χ0) is 17.2. The Morgan fingerprint density at radius 3 is 2.42 bits per heavy atom. The fourth-order valence-electron chi connectivity index (χ4n) is 2.68. The molecule has 1 amide bonds. The second-order valence-electron chi connectivity index (χ2n) is 6.08. The number of benzene rings is 1. The van der Waals surface area contributed by atoms with E-state index in [9.17, 15) is 13.2 Å². The van der Waals surface area contributed by atoms with Gasteiger partial charge in [-0.3, -0.25) is 4.79 Å². The van der Waals surface area contributed by atoms with Gasteiger partial charge in [-0.05, 0) is 54.5 Å². The van der Waals surface area contributed by atoms with Gasteiger partial charge in [0.15, 0.2) is 0 Å². The summed E-state index contributed by atoms with van der Waals surface area (Å²) in [6.07, 6.45) is 1.79. The zero-order valence-corrected chi connectivity index (χ0v) is 15.1. The number of amides is 1. The molecular weight excluding hydrogens is 344 g/mol. The number of sulfonamides is 1. The van der Waals surface area contributed by atoms with E-state index in [4.69, 9.17) is 0 Å². The molecule has 1 N–H and O–H groups in total. The molecular formula is C17H20N2O3S2. The number of hydrogen-bond donors (Lipinski definition) is 1. The smallest absolute Gasteiger partial charge is 0.256 e. The van der Waals surface area contributed by atoms with Gasteiger partial charge in [0.05, 0.1) is 10.5 Å². The molecule has 1 aliphatic rings. The third-order valence-corrected chi connectivity index (χ3v) is 6.87. The highest BCUT2D eigenvalue weighted by atomic mass is 32.2. The molecule has 128 valence electrons. The molecule has 2 aromatic rings. The van der Waals surface area contributed by atoms with Gasteiger partial charge >= 0.3 is 0 Å². The molecule has 3 rings (SSSR count). The summed E-state index contributed by atoms with van der Waals surface area (Å²) in [7, 11) is -3.45. The highest BCUT2D eigenvalue weighted by Crippen LogP contribution is 2.24. The van der Waals surface area contributed by atoms with Crippen LogP contribution in [-0.2, 0) is 10.0 Å². The summed E-state index contributed by atoms with van der Waals surface area (Å²) in [4.78, 5) is 12.3. The van der Waals surface area contributed by atoms with E-state index < -0.39 is 10.0 Å². The summed E-state index contributed by atoms with van der Waals surface area (Å²) in [5.74, 6) is 0.378. The van der Waals surface area contributed by atoms with Crippen LogP contribution in [0.15, 0.2) is 46.0 Å². The van der Waals surface area contributed by atoms with E-state index in [-0.39, 0.29) is 10.8 Å². The molecule has 0 unspecified atom stereocenters. The number of thiophene rings is 1. The van der Waals surface area contributed by atoms with Crippen LogP contribution in [0.3, 0.4) is 0 Å². The van der Waals surface area contributed by atoms with Crippen molar-refractivity contribution in [3.8, 4) is 0 Å². The van der Waals surface area contributed by atoms with E-state index in [0.717, 1.165) is 12.8 Å². The maximum atomic E-state index is 12.7. The number of carbonyl (C=O) groups is 1. The van der Waals surface area contributed by atoms with E-state index in [1.54, 1.807) is 40.0 Å². The lowest BCUT2D eigenvalue weighted by atomic mass is 10.0. The summed E-state index contributed by atoms with van der Waals surface area (Å²) >= 11 is 1.45. The molecule has 2 heterocycles. The standard InChI is InChI=1S/C17H20N2O3S2/c1-13-6-9-19(10-7-13)24(21,22)16-4-2-15(3-5-16)18-17(20)14-8-11-23-12-14/h2-5,8,11-13H,6-7,9-10H2,1H3,(H,18,20). The molecule has 1 saturated heterocycles. The van der Waals surface area contributed by atoms with Crippen LogP contribution in [0.4, 0.5) is 5.69 Å². The molecule has 0 radical (unpaired) electrons. The lowest BCUT2D eigenvalue weighted by Gasteiger charge is -2.29. The van der Waals surface area contributed by atoms with E-state index in [0.29, 0.717) is 30.3 Å². The SMILES string of the molecule is CC1CCN(S(=O)(=O)c2ccc(NC(=O)c3ccsc3)cc2)CC1. The minimum atomic E-state index is -3.45. The van der Waals surface area contributed by atoms with E-state index >= 15 is 0 Å². The van der Waals surface area contributed by atoms with Gasteiger partial charge in [-0.1, -0.05) is 6.92 Å². The maximum Gasteiger partial charge on any atom is 0.256 e. The predicted octanol–water partition coefficient (Wildman–Crippen LogP) is 3.42. The molecule has 0 aliphatic carbocycles. The van der Waals surface area contributed by atoms with Crippen molar-refractivity contribution in [3.05, 3.63) is 46.7 Å². The second kappa shape index (κ2) is 7.04.